The van der Waals surface area contributed by atoms with Crippen LogP contribution in [0.2, 0.25) is 0 Å². The molecule has 0 heterocycles. The maximum absolute atomic E-state index is 9.88. The molecule has 0 atom stereocenters. The van der Waals surface area contributed by atoms with Gasteiger partial charge in [-0.2, -0.15) is 0 Å². The third kappa shape index (κ3) is 4.60. The van der Waals surface area contributed by atoms with Crippen LogP contribution in [0.3, 0.4) is 0 Å². The van der Waals surface area contributed by atoms with Crippen molar-refractivity contribution in [1.29, 1.82) is 0 Å². The van der Waals surface area contributed by atoms with E-state index in [1.165, 1.54) is 6.92 Å². The van der Waals surface area contributed by atoms with Gasteiger partial charge in [-0.05, 0) is 6.92 Å². The van der Waals surface area contributed by atoms with Crippen LogP contribution >= 0.6 is 0 Å². The Kier molecular flexibility index (Phi) is 3.19. The molecular weight excluding hydrogens is 124 g/mol. The smallest absolute Gasteiger partial charge is 0.404 e. The molecule has 5 nitrogen and oxygen atoms in total. The number of oxime groups is 1. The predicted molar refractivity (Wildman–Crippen MR) is 30.4 cm³/mol. The van der Waals surface area contributed by atoms with Crippen molar-refractivity contribution in [3.05, 3.63) is 0 Å². The molecule has 9 heavy (non-hydrogen) atoms. The van der Waals surface area contributed by atoms with Gasteiger partial charge in [0.2, 0.25) is 0 Å². The molecule has 0 aliphatic carbocycles. The summed E-state index contributed by atoms with van der Waals surface area (Å²) in [5.41, 5.74) is 4.90. The summed E-state index contributed by atoms with van der Waals surface area (Å²) in [6, 6.07) is 0. The Morgan fingerprint density at radius 1 is 1.89 bits per heavy atom. The van der Waals surface area contributed by atoms with Gasteiger partial charge in [0.1, 0.15) is 6.61 Å². The Morgan fingerprint density at radius 3 is 2.78 bits per heavy atom. The van der Waals surface area contributed by atoms with Crippen LogP contribution in [0.4, 0.5) is 4.79 Å². The summed E-state index contributed by atoms with van der Waals surface area (Å²) >= 11 is 0. The number of ether oxygens (including phenoxy) is 1. The van der Waals surface area contributed by atoms with E-state index >= 15 is 0 Å². The number of carbonyl (C=O) groups is 1. The van der Waals surface area contributed by atoms with E-state index in [1.807, 2.05) is 0 Å². The lowest BCUT2D eigenvalue weighted by Crippen LogP contribution is -2.17. The molecule has 0 saturated carbocycles. The second kappa shape index (κ2) is 3.71. The Morgan fingerprint density at radius 2 is 2.44 bits per heavy atom. The van der Waals surface area contributed by atoms with E-state index in [1.54, 1.807) is 0 Å². The lowest BCUT2D eigenvalue weighted by atomic mass is 10.5. The molecule has 0 bridgehead atoms. The fourth-order valence-corrected chi connectivity index (χ4v) is 0.204. The first-order valence-electron chi connectivity index (χ1n) is 2.26. The highest BCUT2D eigenvalue weighted by Gasteiger charge is 1.94. The van der Waals surface area contributed by atoms with Gasteiger partial charge in [0.05, 0.1) is 5.71 Å². The number of primary amides is 1. The average Bonchev–Trinajstić information content (AvgIpc) is 1.83. The molecule has 0 aliphatic rings. The highest BCUT2D eigenvalue weighted by Crippen LogP contribution is 1.77. The Bertz CT molecular complexity index is 132. The molecule has 0 rings (SSSR count). The maximum atomic E-state index is 9.88. The van der Waals surface area contributed by atoms with E-state index in [2.05, 4.69) is 15.6 Å². The van der Waals surface area contributed by atoms with Crippen LogP contribution in [0.15, 0.2) is 5.16 Å². The third-order valence-electron chi connectivity index (χ3n) is 0.594. The van der Waals surface area contributed by atoms with Crippen molar-refractivity contribution in [3.8, 4) is 0 Å². The Balaban J connectivity index is 3.39. The number of amides is 1. The molecule has 0 aromatic carbocycles. The van der Waals surface area contributed by atoms with E-state index in [0.717, 1.165) is 0 Å². The summed E-state index contributed by atoms with van der Waals surface area (Å²) in [6.07, 6.45) is -0.877. The maximum Gasteiger partial charge on any atom is 0.404 e. The molecular formula is C4H8N2O3. The van der Waals surface area contributed by atoms with Crippen molar-refractivity contribution in [3.63, 3.8) is 0 Å². The molecule has 1 amide bonds. The molecule has 0 spiro atoms. The van der Waals surface area contributed by atoms with Crippen molar-refractivity contribution in [1.82, 2.24) is 0 Å². The van der Waals surface area contributed by atoms with E-state index in [4.69, 9.17) is 5.21 Å². The second-order valence-corrected chi connectivity index (χ2v) is 1.44. The zero-order valence-electron chi connectivity index (χ0n) is 5.00. The van der Waals surface area contributed by atoms with Crippen LogP contribution in [0.5, 0.6) is 0 Å². The monoisotopic (exact) mass is 132 g/mol. The summed E-state index contributed by atoms with van der Waals surface area (Å²) in [6.45, 7) is 1.44. The van der Waals surface area contributed by atoms with Crippen LogP contribution in [-0.4, -0.2) is 23.6 Å². The fourth-order valence-electron chi connectivity index (χ4n) is 0.204. The standard InChI is InChI=1S/C4H8N2O3/c1-3(6-8)2-9-4(5)7/h8H,2H2,1H3,(H2,5,7)/b6-3+. The molecule has 0 aromatic rings. The van der Waals surface area contributed by atoms with Gasteiger partial charge in [0, 0.05) is 0 Å². The van der Waals surface area contributed by atoms with Crippen molar-refractivity contribution in [2.45, 2.75) is 6.92 Å². The molecule has 3 N–H and O–H groups in total. The van der Waals surface area contributed by atoms with E-state index in [-0.39, 0.29) is 6.61 Å². The molecule has 0 aromatic heterocycles. The van der Waals surface area contributed by atoms with Crippen molar-refractivity contribution in [2.75, 3.05) is 6.61 Å². The summed E-state index contributed by atoms with van der Waals surface area (Å²) in [4.78, 5) is 9.88. The van der Waals surface area contributed by atoms with Gasteiger partial charge < -0.3 is 15.7 Å². The van der Waals surface area contributed by atoms with Gasteiger partial charge in [-0.1, -0.05) is 5.16 Å². The lowest BCUT2D eigenvalue weighted by molar-refractivity contribution is 0.171. The van der Waals surface area contributed by atoms with Crippen LogP contribution < -0.4 is 5.73 Å². The van der Waals surface area contributed by atoms with Gasteiger partial charge in [-0.3, -0.25) is 0 Å². The van der Waals surface area contributed by atoms with Gasteiger partial charge in [-0.15, -0.1) is 0 Å². The van der Waals surface area contributed by atoms with E-state index in [0.29, 0.717) is 5.71 Å². The second-order valence-electron chi connectivity index (χ2n) is 1.44. The first-order valence-corrected chi connectivity index (χ1v) is 2.26. The minimum atomic E-state index is -0.877. The number of hydrogen-bond donors (Lipinski definition) is 2. The molecule has 0 fully saturated rings. The number of nitrogens with zero attached hydrogens (tertiary/aromatic N) is 1. The molecule has 0 radical (unpaired) electrons. The van der Waals surface area contributed by atoms with E-state index < -0.39 is 6.09 Å². The highest BCUT2D eigenvalue weighted by molar-refractivity contribution is 5.84. The van der Waals surface area contributed by atoms with E-state index in [9.17, 15) is 4.79 Å². The predicted octanol–water partition coefficient (Wildman–Crippen LogP) is -0.0682. The summed E-state index contributed by atoms with van der Waals surface area (Å²) in [7, 11) is 0. The van der Waals surface area contributed by atoms with Crippen molar-refractivity contribution < 1.29 is 14.7 Å². The molecule has 52 valence electrons. The largest absolute Gasteiger partial charge is 0.443 e. The topological polar surface area (TPSA) is 84.9 Å². The fraction of sp³-hybridized carbons (Fsp3) is 0.500. The SMILES string of the molecule is C/C(COC(N)=O)=N\O. The zero-order valence-corrected chi connectivity index (χ0v) is 5.00. The van der Waals surface area contributed by atoms with Gasteiger partial charge in [0.25, 0.3) is 0 Å². The molecule has 5 heteroatoms. The quantitative estimate of drug-likeness (QED) is 0.313. The minimum absolute atomic E-state index is 0.0637. The number of hydrogen-bond acceptors (Lipinski definition) is 4. The summed E-state index contributed by atoms with van der Waals surface area (Å²) < 4.78 is 4.24. The van der Waals surface area contributed by atoms with Gasteiger partial charge in [-0.25, -0.2) is 4.79 Å². The number of nitrogens with two attached hydrogens (primary N) is 1. The van der Waals surface area contributed by atoms with Gasteiger partial charge >= 0.3 is 6.09 Å². The van der Waals surface area contributed by atoms with Crippen LogP contribution in [0.1, 0.15) is 6.92 Å². The van der Waals surface area contributed by atoms with Crippen LogP contribution in [0.25, 0.3) is 0 Å². The average molecular weight is 132 g/mol. The lowest BCUT2D eigenvalue weighted by Gasteiger charge is -1.96. The first kappa shape index (κ1) is 7.74. The number of rotatable bonds is 2. The van der Waals surface area contributed by atoms with Crippen molar-refractivity contribution in [2.24, 2.45) is 10.9 Å². The third-order valence-corrected chi connectivity index (χ3v) is 0.594. The molecule has 0 aliphatic heterocycles. The van der Waals surface area contributed by atoms with Crippen LogP contribution in [-0.2, 0) is 4.74 Å². The van der Waals surface area contributed by atoms with Crippen LogP contribution in [0, 0.1) is 0 Å². The number of carbonyl (C=O) groups excluding carboxylic acids is 1. The highest BCUT2D eigenvalue weighted by atomic mass is 16.5. The van der Waals surface area contributed by atoms with Crippen molar-refractivity contribution >= 4 is 11.8 Å². The normalized spacial score (nSPS) is 11.0. The van der Waals surface area contributed by atoms with Gasteiger partial charge in [0.15, 0.2) is 0 Å². The summed E-state index contributed by atoms with van der Waals surface area (Å²) in [5, 5.41) is 10.7. The summed E-state index contributed by atoms with van der Waals surface area (Å²) in [5.74, 6) is 0. The first-order chi connectivity index (χ1) is 4.16. The zero-order chi connectivity index (χ0) is 7.28. The Hall–Kier alpha value is -1.26. The molecule has 0 unspecified atom stereocenters. The Labute approximate surface area is 52.1 Å². The minimum Gasteiger partial charge on any atom is -0.443 e. The molecule has 0 saturated heterocycles.